The van der Waals surface area contributed by atoms with E-state index in [1.807, 2.05) is 31.8 Å². The van der Waals surface area contributed by atoms with Crippen molar-refractivity contribution in [2.24, 2.45) is 7.05 Å². The number of hydrogen-bond donors (Lipinski definition) is 1. The van der Waals surface area contributed by atoms with Crippen LogP contribution in [0.15, 0.2) is 12.1 Å². The van der Waals surface area contributed by atoms with E-state index in [1.54, 1.807) is 11.3 Å². The third kappa shape index (κ3) is 2.54. The van der Waals surface area contributed by atoms with Crippen molar-refractivity contribution in [2.45, 2.75) is 13.3 Å². The summed E-state index contributed by atoms with van der Waals surface area (Å²) in [7, 11) is 3.96. The fourth-order valence-electron chi connectivity index (χ4n) is 2.01. The van der Waals surface area contributed by atoms with Crippen LogP contribution in [0.4, 0.5) is 0 Å². The molecule has 3 nitrogen and oxygen atoms in total. The molecule has 2 aromatic rings. The number of hydrogen-bond acceptors (Lipinski definition) is 3. The topological polar surface area (TPSA) is 29.9 Å². The van der Waals surface area contributed by atoms with Crippen LogP contribution >= 0.6 is 22.9 Å². The van der Waals surface area contributed by atoms with Crippen molar-refractivity contribution >= 4 is 22.9 Å². The van der Waals surface area contributed by atoms with Crippen LogP contribution in [-0.2, 0) is 13.5 Å². The molecule has 0 aromatic carbocycles. The summed E-state index contributed by atoms with van der Waals surface area (Å²) < 4.78 is 2.79. The molecular formula is C12H16ClN3S. The summed E-state index contributed by atoms with van der Waals surface area (Å²) in [6.45, 7) is 3.00. The third-order valence-electron chi connectivity index (χ3n) is 2.77. The van der Waals surface area contributed by atoms with Gasteiger partial charge in [-0.3, -0.25) is 4.68 Å². The Balaban J connectivity index is 2.44. The summed E-state index contributed by atoms with van der Waals surface area (Å²) in [4.78, 5) is 1.20. The minimum atomic E-state index is 0.822. The summed E-state index contributed by atoms with van der Waals surface area (Å²) in [5.74, 6) is 0. The molecule has 2 rings (SSSR count). The van der Waals surface area contributed by atoms with Crippen LogP contribution in [-0.4, -0.2) is 23.4 Å². The van der Waals surface area contributed by atoms with Gasteiger partial charge in [-0.15, -0.1) is 11.3 Å². The van der Waals surface area contributed by atoms with Gasteiger partial charge in [0.05, 0.1) is 10.0 Å². The van der Waals surface area contributed by atoms with Gasteiger partial charge in [-0.1, -0.05) is 11.6 Å². The molecule has 2 heterocycles. The Morgan fingerprint density at radius 3 is 2.82 bits per heavy atom. The average Bonchev–Trinajstić information content (AvgIpc) is 2.80. The second-order valence-electron chi connectivity index (χ2n) is 3.99. The fraction of sp³-hybridized carbons (Fsp3) is 0.417. The quantitative estimate of drug-likeness (QED) is 0.925. The first kappa shape index (κ1) is 12.6. The number of halogens is 1. The van der Waals surface area contributed by atoms with Gasteiger partial charge in [0.2, 0.25) is 0 Å². The molecule has 0 radical (unpaired) electrons. The summed E-state index contributed by atoms with van der Waals surface area (Å²) in [6.07, 6.45) is 0.971. The molecule has 92 valence electrons. The molecule has 0 saturated heterocycles. The Morgan fingerprint density at radius 1 is 1.47 bits per heavy atom. The number of likely N-dealkylation sites (N-methyl/N-ethyl adjacent to an activating group) is 1. The standard InChI is InChI=1S/C12H16ClN3S/c1-8-12(10-4-5-11(13)17-10)9(6-7-14-2)16(3)15-8/h4-5,14H,6-7H2,1-3H3. The average molecular weight is 270 g/mol. The van der Waals surface area contributed by atoms with Crippen LogP contribution in [0.2, 0.25) is 4.34 Å². The lowest BCUT2D eigenvalue weighted by molar-refractivity contribution is 0.678. The van der Waals surface area contributed by atoms with E-state index >= 15 is 0 Å². The number of aryl methyl sites for hydroxylation is 2. The van der Waals surface area contributed by atoms with Gasteiger partial charge < -0.3 is 5.32 Å². The first-order valence-corrected chi connectivity index (χ1v) is 6.75. The molecule has 0 bridgehead atoms. The van der Waals surface area contributed by atoms with Crippen LogP contribution in [0, 0.1) is 6.92 Å². The second-order valence-corrected chi connectivity index (χ2v) is 5.70. The molecule has 0 amide bonds. The number of thiophene rings is 1. The highest BCUT2D eigenvalue weighted by Gasteiger charge is 2.16. The van der Waals surface area contributed by atoms with E-state index in [9.17, 15) is 0 Å². The van der Waals surface area contributed by atoms with Crippen molar-refractivity contribution in [3.8, 4) is 10.4 Å². The summed E-state index contributed by atoms with van der Waals surface area (Å²) >= 11 is 7.61. The number of rotatable bonds is 4. The number of nitrogens with zero attached hydrogens (tertiary/aromatic N) is 2. The van der Waals surface area contributed by atoms with Gasteiger partial charge in [-0.05, 0) is 26.1 Å². The van der Waals surface area contributed by atoms with E-state index < -0.39 is 0 Å². The maximum absolute atomic E-state index is 6.01. The van der Waals surface area contributed by atoms with Crippen LogP contribution in [0.5, 0.6) is 0 Å². The highest BCUT2D eigenvalue weighted by molar-refractivity contribution is 7.19. The predicted octanol–water partition coefficient (Wildman–Crippen LogP) is 2.87. The van der Waals surface area contributed by atoms with Crippen LogP contribution < -0.4 is 5.32 Å². The van der Waals surface area contributed by atoms with E-state index in [1.165, 1.54) is 16.1 Å². The lowest BCUT2D eigenvalue weighted by atomic mass is 10.1. The van der Waals surface area contributed by atoms with Crippen molar-refractivity contribution in [2.75, 3.05) is 13.6 Å². The Morgan fingerprint density at radius 2 is 2.24 bits per heavy atom. The largest absolute Gasteiger partial charge is 0.319 e. The van der Waals surface area contributed by atoms with E-state index in [0.29, 0.717) is 0 Å². The molecule has 5 heteroatoms. The smallest absolute Gasteiger partial charge is 0.0934 e. The predicted molar refractivity (Wildman–Crippen MR) is 73.9 cm³/mol. The van der Waals surface area contributed by atoms with Crippen molar-refractivity contribution in [3.05, 3.63) is 27.9 Å². The van der Waals surface area contributed by atoms with Crippen LogP contribution in [0.25, 0.3) is 10.4 Å². The molecule has 0 aliphatic carbocycles. The summed E-state index contributed by atoms with van der Waals surface area (Å²) in [5.41, 5.74) is 3.56. The number of nitrogens with one attached hydrogen (secondary N) is 1. The minimum Gasteiger partial charge on any atom is -0.319 e. The molecule has 0 aliphatic rings. The fourth-order valence-corrected chi connectivity index (χ4v) is 3.17. The van der Waals surface area contributed by atoms with E-state index in [0.717, 1.165) is 23.0 Å². The highest BCUT2D eigenvalue weighted by atomic mass is 35.5. The molecule has 0 unspecified atom stereocenters. The zero-order valence-corrected chi connectivity index (χ0v) is 11.8. The first-order chi connectivity index (χ1) is 8.13. The molecule has 0 saturated carbocycles. The van der Waals surface area contributed by atoms with Crippen molar-refractivity contribution < 1.29 is 0 Å². The Labute approximate surface area is 110 Å². The Bertz CT molecular complexity index is 516. The SMILES string of the molecule is CNCCc1c(-c2ccc(Cl)s2)c(C)nn1C. The van der Waals surface area contributed by atoms with Crippen LogP contribution in [0.1, 0.15) is 11.4 Å². The second kappa shape index (κ2) is 5.21. The van der Waals surface area contributed by atoms with Crippen molar-refractivity contribution in [1.82, 2.24) is 15.1 Å². The molecule has 2 aromatic heterocycles. The lowest BCUT2D eigenvalue weighted by Crippen LogP contribution is -2.13. The summed E-state index contributed by atoms with van der Waals surface area (Å²) in [6, 6.07) is 4.01. The Kier molecular flexibility index (Phi) is 3.86. The molecular weight excluding hydrogens is 254 g/mol. The minimum absolute atomic E-state index is 0.822. The molecule has 0 fully saturated rings. The maximum atomic E-state index is 6.01. The van der Waals surface area contributed by atoms with Gasteiger partial charge in [0, 0.05) is 36.1 Å². The lowest BCUT2D eigenvalue weighted by Gasteiger charge is -2.04. The molecule has 0 spiro atoms. The molecule has 1 N–H and O–H groups in total. The van der Waals surface area contributed by atoms with Gasteiger partial charge in [0.25, 0.3) is 0 Å². The zero-order chi connectivity index (χ0) is 12.4. The normalized spacial score (nSPS) is 11.1. The van der Waals surface area contributed by atoms with Gasteiger partial charge in [-0.2, -0.15) is 5.10 Å². The highest BCUT2D eigenvalue weighted by Crippen LogP contribution is 2.35. The zero-order valence-electron chi connectivity index (χ0n) is 10.2. The first-order valence-electron chi connectivity index (χ1n) is 5.56. The summed E-state index contributed by atoms with van der Waals surface area (Å²) in [5, 5.41) is 7.67. The van der Waals surface area contributed by atoms with Crippen LogP contribution in [0.3, 0.4) is 0 Å². The molecule has 0 aliphatic heterocycles. The maximum Gasteiger partial charge on any atom is 0.0934 e. The van der Waals surface area contributed by atoms with Crippen molar-refractivity contribution in [3.63, 3.8) is 0 Å². The van der Waals surface area contributed by atoms with E-state index in [-0.39, 0.29) is 0 Å². The van der Waals surface area contributed by atoms with Gasteiger partial charge in [0.15, 0.2) is 0 Å². The van der Waals surface area contributed by atoms with E-state index in [4.69, 9.17) is 11.6 Å². The number of aromatic nitrogens is 2. The van der Waals surface area contributed by atoms with Gasteiger partial charge in [0.1, 0.15) is 0 Å². The third-order valence-corrected chi connectivity index (χ3v) is 4.02. The van der Waals surface area contributed by atoms with Gasteiger partial charge in [-0.25, -0.2) is 0 Å². The Hall–Kier alpha value is -0.840. The van der Waals surface area contributed by atoms with Crippen molar-refractivity contribution in [1.29, 1.82) is 0 Å². The molecule has 17 heavy (non-hydrogen) atoms. The van der Waals surface area contributed by atoms with Gasteiger partial charge >= 0.3 is 0 Å². The van der Waals surface area contributed by atoms with E-state index in [2.05, 4.69) is 16.5 Å². The monoisotopic (exact) mass is 269 g/mol. The molecule has 0 atom stereocenters.